The van der Waals surface area contributed by atoms with Gasteiger partial charge in [-0.05, 0) is 0 Å². The molecule has 0 spiro atoms. The van der Waals surface area contributed by atoms with Gasteiger partial charge in [0.1, 0.15) is 0 Å². The predicted octanol–water partition coefficient (Wildman–Crippen LogP) is 3.92. The van der Waals surface area contributed by atoms with Crippen molar-refractivity contribution in [2.45, 2.75) is 6.61 Å². The molecular formula is C28H24GeO. The van der Waals surface area contributed by atoms with Crippen molar-refractivity contribution in [1.82, 2.24) is 0 Å². The van der Waals surface area contributed by atoms with Crippen LogP contribution in [0.1, 0.15) is 5.56 Å². The van der Waals surface area contributed by atoms with Crippen molar-refractivity contribution in [2.24, 2.45) is 0 Å². The molecule has 0 saturated carbocycles. The summed E-state index contributed by atoms with van der Waals surface area (Å²) in [6.07, 6.45) is 0. The first kappa shape index (κ1) is 20.2. The summed E-state index contributed by atoms with van der Waals surface area (Å²) in [5.41, 5.74) is 1.17. The SMILES string of the molecule is C(#[C][Ge]([c]1ccccc1)([c]1ccccc1)[c]1ccccc1)COCc1ccccc1. The van der Waals surface area contributed by atoms with Crippen molar-refractivity contribution in [3.63, 3.8) is 0 Å². The van der Waals surface area contributed by atoms with Gasteiger partial charge in [0.15, 0.2) is 0 Å². The van der Waals surface area contributed by atoms with Crippen LogP contribution in [-0.4, -0.2) is 19.9 Å². The molecule has 0 N–H and O–H groups in total. The summed E-state index contributed by atoms with van der Waals surface area (Å²) in [6, 6.07) is 42.6. The topological polar surface area (TPSA) is 9.23 Å². The van der Waals surface area contributed by atoms with Gasteiger partial charge in [0.05, 0.1) is 0 Å². The van der Waals surface area contributed by atoms with Gasteiger partial charge in [0.25, 0.3) is 0 Å². The van der Waals surface area contributed by atoms with Crippen molar-refractivity contribution in [3.05, 3.63) is 127 Å². The molecule has 0 aliphatic carbocycles. The molecule has 4 aromatic rings. The second kappa shape index (κ2) is 10.1. The van der Waals surface area contributed by atoms with Crippen molar-refractivity contribution >= 4 is 26.5 Å². The summed E-state index contributed by atoms with van der Waals surface area (Å²) in [6.45, 7) is 1.01. The van der Waals surface area contributed by atoms with Gasteiger partial charge in [-0.3, -0.25) is 0 Å². The minimum atomic E-state index is -3.17. The number of benzene rings is 4. The molecule has 1 nitrogen and oxygen atoms in total. The maximum absolute atomic E-state index is 5.88. The van der Waals surface area contributed by atoms with Crippen LogP contribution in [0.3, 0.4) is 0 Å². The van der Waals surface area contributed by atoms with E-state index >= 15 is 0 Å². The van der Waals surface area contributed by atoms with E-state index in [1.807, 2.05) is 18.2 Å². The predicted molar refractivity (Wildman–Crippen MR) is 128 cm³/mol. The first-order valence-corrected chi connectivity index (χ1v) is 14.4. The molecule has 0 amide bonds. The minimum absolute atomic E-state index is 0.425. The van der Waals surface area contributed by atoms with E-state index in [4.69, 9.17) is 4.74 Å². The molecular weight excluding hydrogens is 425 g/mol. The van der Waals surface area contributed by atoms with Gasteiger partial charge in [-0.25, -0.2) is 0 Å². The third-order valence-corrected chi connectivity index (χ3v) is 13.9. The quantitative estimate of drug-likeness (QED) is 0.247. The number of rotatable bonds is 6. The summed E-state index contributed by atoms with van der Waals surface area (Å²) in [5, 5.41) is 0. The van der Waals surface area contributed by atoms with Crippen LogP contribution in [0.4, 0.5) is 0 Å². The van der Waals surface area contributed by atoms with E-state index in [1.165, 1.54) is 18.8 Å². The molecule has 30 heavy (non-hydrogen) atoms. The van der Waals surface area contributed by atoms with Crippen LogP contribution in [0.5, 0.6) is 0 Å². The van der Waals surface area contributed by atoms with E-state index in [9.17, 15) is 0 Å². The average Bonchev–Trinajstić information content (AvgIpc) is 2.84. The zero-order valence-electron chi connectivity index (χ0n) is 16.9. The Morgan fingerprint density at radius 2 is 0.933 bits per heavy atom. The molecule has 0 aliphatic heterocycles. The normalized spacial score (nSPS) is 10.8. The summed E-state index contributed by atoms with van der Waals surface area (Å²) in [4.78, 5) is 0. The van der Waals surface area contributed by atoms with Crippen LogP contribution >= 0.6 is 0 Å². The Morgan fingerprint density at radius 3 is 1.37 bits per heavy atom. The number of hydrogen-bond acceptors (Lipinski definition) is 1. The van der Waals surface area contributed by atoms with Crippen LogP contribution in [-0.2, 0) is 11.3 Å². The molecule has 2 heteroatoms. The molecule has 4 aromatic carbocycles. The molecule has 0 heterocycles. The molecule has 0 saturated heterocycles. The van der Waals surface area contributed by atoms with E-state index in [1.54, 1.807) is 0 Å². The Hall–Kier alpha value is -3.06. The van der Waals surface area contributed by atoms with Gasteiger partial charge < -0.3 is 0 Å². The molecule has 0 aromatic heterocycles. The standard InChI is InChI=1S/C28H24GeO/c1-5-14-25(15-6-1)24-30-23-13-22-29(26-16-7-2-8-17-26,27-18-9-3-10-19-27)28-20-11-4-12-21-28/h1-12,14-21H,23-24H2. The third kappa shape index (κ3) is 4.57. The van der Waals surface area contributed by atoms with Crippen LogP contribution in [0.25, 0.3) is 0 Å². The third-order valence-electron chi connectivity index (χ3n) is 5.18. The molecule has 0 fully saturated rings. The number of hydrogen-bond donors (Lipinski definition) is 0. The van der Waals surface area contributed by atoms with Crippen molar-refractivity contribution < 1.29 is 4.74 Å². The molecule has 4 rings (SSSR count). The zero-order chi connectivity index (χ0) is 20.5. The van der Waals surface area contributed by atoms with Gasteiger partial charge in [-0.2, -0.15) is 0 Å². The average molecular weight is 449 g/mol. The Bertz CT molecular complexity index is 1000. The first-order valence-electron chi connectivity index (χ1n) is 10.2. The Labute approximate surface area is 181 Å². The fourth-order valence-electron chi connectivity index (χ4n) is 3.74. The monoisotopic (exact) mass is 450 g/mol. The first-order chi connectivity index (χ1) is 14.9. The summed E-state index contributed by atoms with van der Waals surface area (Å²) >= 11 is -3.17. The van der Waals surface area contributed by atoms with E-state index in [2.05, 4.69) is 114 Å². The van der Waals surface area contributed by atoms with E-state index in [0.29, 0.717) is 13.2 Å². The van der Waals surface area contributed by atoms with Crippen LogP contribution in [0, 0.1) is 10.7 Å². The Balaban J connectivity index is 1.72. The van der Waals surface area contributed by atoms with Crippen LogP contribution < -0.4 is 13.2 Å². The second-order valence-electron chi connectivity index (χ2n) is 7.13. The molecule has 0 atom stereocenters. The van der Waals surface area contributed by atoms with E-state index < -0.39 is 13.3 Å². The summed E-state index contributed by atoms with van der Waals surface area (Å²) in [7, 11) is 0. The van der Waals surface area contributed by atoms with Crippen molar-refractivity contribution in [1.29, 1.82) is 0 Å². The van der Waals surface area contributed by atoms with Crippen LogP contribution in [0.2, 0.25) is 0 Å². The van der Waals surface area contributed by atoms with Crippen molar-refractivity contribution in [2.75, 3.05) is 6.61 Å². The molecule has 0 bridgehead atoms. The molecule has 0 radical (unpaired) electrons. The van der Waals surface area contributed by atoms with E-state index in [-0.39, 0.29) is 0 Å². The van der Waals surface area contributed by atoms with Gasteiger partial charge in [0.2, 0.25) is 0 Å². The number of ether oxygens (including phenoxy) is 1. The van der Waals surface area contributed by atoms with Gasteiger partial charge >= 0.3 is 182 Å². The van der Waals surface area contributed by atoms with Crippen LogP contribution in [0.15, 0.2) is 121 Å². The summed E-state index contributed by atoms with van der Waals surface area (Å²) < 4.78 is 13.7. The zero-order valence-corrected chi connectivity index (χ0v) is 19.0. The Morgan fingerprint density at radius 1 is 0.533 bits per heavy atom. The molecule has 0 unspecified atom stereocenters. The Kier molecular flexibility index (Phi) is 6.82. The fourth-order valence-corrected chi connectivity index (χ4v) is 11.8. The van der Waals surface area contributed by atoms with Crippen molar-refractivity contribution in [3.8, 4) is 10.7 Å². The van der Waals surface area contributed by atoms with E-state index in [0.717, 1.165) is 0 Å². The molecule has 0 aliphatic rings. The van der Waals surface area contributed by atoms with Gasteiger partial charge in [-0.15, -0.1) is 0 Å². The summed E-state index contributed by atoms with van der Waals surface area (Å²) in [5.74, 6) is 3.40. The fraction of sp³-hybridized carbons (Fsp3) is 0.0714. The molecule has 146 valence electrons. The van der Waals surface area contributed by atoms with Gasteiger partial charge in [0, 0.05) is 0 Å². The second-order valence-corrected chi connectivity index (χ2v) is 14.4. The maximum atomic E-state index is 5.88. The van der Waals surface area contributed by atoms with Gasteiger partial charge in [-0.1, -0.05) is 0 Å².